The van der Waals surface area contributed by atoms with E-state index in [-0.39, 0.29) is 17.7 Å². The van der Waals surface area contributed by atoms with Gasteiger partial charge in [-0.2, -0.15) is 5.10 Å². The summed E-state index contributed by atoms with van der Waals surface area (Å²) in [5, 5.41) is 4.30. The summed E-state index contributed by atoms with van der Waals surface area (Å²) in [6.07, 6.45) is 6.85. The SMILES string of the molecule is CN(C)C(=O)C1(n2cccn2)CCN(C(=O)C2CC2)CC1. The van der Waals surface area contributed by atoms with E-state index >= 15 is 0 Å². The average molecular weight is 290 g/mol. The van der Waals surface area contributed by atoms with E-state index < -0.39 is 5.54 Å². The Morgan fingerprint density at radius 3 is 2.38 bits per heavy atom. The maximum absolute atomic E-state index is 12.7. The molecule has 1 saturated heterocycles. The van der Waals surface area contributed by atoms with E-state index in [1.807, 2.05) is 17.2 Å². The second-order valence-corrected chi connectivity index (χ2v) is 6.28. The van der Waals surface area contributed by atoms with Gasteiger partial charge in [0, 0.05) is 45.5 Å². The lowest BCUT2D eigenvalue weighted by atomic mass is 9.86. The first-order valence-corrected chi connectivity index (χ1v) is 7.55. The molecule has 1 saturated carbocycles. The Kier molecular flexibility index (Phi) is 3.47. The number of likely N-dealkylation sites (N-methyl/N-ethyl adjacent to an activating group) is 1. The molecule has 1 aromatic rings. The van der Waals surface area contributed by atoms with Crippen LogP contribution in [-0.4, -0.2) is 58.6 Å². The fourth-order valence-electron chi connectivity index (χ4n) is 3.16. The summed E-state index contributed by atoms with van der Waals surface area (Å²) in [6, 6.07) is 1.84. The Morgan fingerprint density at radius 1 is 1.24 bits per heavy atom. The van der Waals surface area contributed by atoms with Crippen molar-refractivity contribution in [1.29, 1.82) is 0 Å². The van der Waals surface area contributed by atoms with Gasteiger partial charge in [0.05, 0.1) is 0 Å². The number of likely N-dealkylation sites (tertiary alicyclic amines) is 1. The summed E-state index contributed by atoms with van der Waals surface area (Å²) in [5.74, 6) is 0.567. The largest absolute Gasteiger partial charge is 0.347 e. The molecule has 0 aromatic carbocycles. The summed E-state index contributed by atoms with van der Waals surface area (Å²) in [4.78, 5) is 28.4. The van der Waals surface area contributed by atoms with Crippen molar-refractivity contribution in [3.05, 3.63) is 18.5 Å². The molecule has 21 heavy (non-hydrogen) atoms. The topological polar surface area (TPSA) is 58.4 Å². The van der Waals surface area contributed by atoms with E-state index in [1.165, 1.54) is 0 Å². The summed E-state index contributed by atoms with van der Waals surface area (Å²) in [5.41, 5.74) is -0.646. The minimum atomic E-state index is -0.646. The molecule has 1 aliphatic carbocycles. The Hall–Kier alpha value is -1.85. The second-order valence-electron chi connectivity index (χ2n) is 6.28. The predicted molar refractivity (Wildman–Crippen MR) is 77.4 cm³/mol. The molecule has 0 bridgehead atoms. The van der Waals surface area contributed by atoms with E-state index in [1.54, 1.807) is 29.9 Å². The Bertz CT molecular complexity index is 526. The van der Waals surface area contributed by atoms with Gasteiger partial charge in [0.15, 0.2) is 0 Å². The molecule has 2 amide bonds. The van der Waals surface area contributed by atoms with Crippen molar-refractivity contribution in [2.24, 2.45) is 5.92 Å². The number of aromatic nitrogens is 2. The zero-order chi connectivity index (χ0) is 15.0. The number of carbonyl (C=O) groups is 2. The predicted octanol–water partition coefficient (Wildman–Crippen LogP) is 0.699. The van der Waals surface area contributed by atoms with Gasteiger partial charge in [-0.1, -0.05) is 0 Å². The molecule has 0 radical (unpaired) electrons. The molecule has 2 fully saturated rings. The standard InChI is InChI=1S/C15H22N4O2/c1-17(2)14(21)15(19-9-3-8-16-19)6-10-18(11-7-15)13(20)12-4-5-12/h3,8-9,12H,4-7,10-11H2,1-2H3. The van der Waals surface area contributed by atoms with Crippen LogP contribution in [0.2, 0.25) is 0 Å². The molecule has 6 nitrogen and oxygen atoms in total. The van der Waals surface area contributed by atoms with Gasteiger partial charge in [-0.05, 0) is 31.7 Å². The molecule has 1 aromatic heterocycles. The number of amides is 2. The van der Waals surface area contributed by atoms with Crippen LogP contribution in [0.15, 0.2) is 18.5 Å². The lowest BCUT2D eigenvalue weighted by molar-refractivity contribution is -0.146. The second kappa shape index (κ2) is 5.16. The van der Waals surface area contributed by atoms with Crippen LogP contribution in [0.4, 0.5) is 0 Å². The van der Waals surface area contributed by atoms with Gasteiger partial charge in [-0.25, -0.2) is 0 Å². The summed E-state index contributed by atoms with van der Waals surface area (Å²) < 4.78 is 1.77. The van der Waals surface area contributed by atoms with Crippen LogP contribution in [0.3, 0.4) is 0 Å². The van der Waals surface area contributed by atoms with Crippen LogP contribution < -0.4 is 0 Å². The number of nitrogens with zero attached hydrogens (tertiary/aromatic N) is 4. The minimum Gasteiger partial charge on any atom is -0.347 e. The van der Waals surface area contributed by atoms with Crippen molar-refractivity contribution in [1.82, 2.24) is 19.6 Å². The van der Waals surface area contributed by atoms with Gasteiger partial charge in [0.25, 0.3) is 0 Å². The molecule has 0 unspecified atom stereocenters. The van der Waals surface area contributed by atoms with Gasteiger partial charge in [-0.3, -0.25) is 14.3 Å². The van der Waals surface area contributed by atoms with E-state index in [2.05, 4.69) is 5.10 Å². The van der Waals surface area contributed by atoms with Gasteiger partial charge in [0.2, 0.25) is 11.8 Å². The lowest BCUT2D eigenvalue weighted by Crippen LogP contribution is -2.56. The van der Waals surface area contributed by atoms with Gasteiger partial charge in [-0.15, -0.1) is 0 Å². The molecule has 0 atom stereocenters. The molecular formula is C15H22N4O2. The first-order chi connectivity index (χ1) is 10.0. The maximum Gasteiger partial charge on any atom is 0.250 e. The first-order valence-electron chi connectivity index (χ1n) is 7.55. The summed E-state index contributed by atoms with van der Waals surface area (Å²) in [7, 11) is 3.55. The van der Waals surface area contributed by atoms with Crippen LogP contribution in [0.5, 0.6) is 0 Å². The number of hydrogen-bond acceptors (Lipinski definition) is 3. The van der Waals surface area contributed by atoms with Crippen LogP contribution in [-0.2, 0) is 15.1 Å². The first kappa shape index (κ1) is 14.1. The van der Waals surface area contributed by atoms with E-state index in [9.17, 15) is 9.59 Å². The normalized spacial score (nSPS) is 21.1. The van der Waals surface area contributed by atoms with Gasteiger partial charge < -0.3 is 9.80 Å². The Labute approximate surface area is 124 Å². The third kappa shape index (κ3) is 2.43. The zero-order valence-corrected chi connectivity index (χ0v) is 12.7. The molecule has 0 spiro atoms. The highest BCUT2D eigenvalue weighted by Gasteiger charge is 2.46. The smallest absolute Gasteiger partial charge is 0.250 e. The van der Waals surface area contributed by atoms with Crippen LogP contribution in [0.25, 0.3) is 0 Å². The third-order valence-corrected chi connectivity index (χ3v) is 4.58. The number of piperidine rings is 1. The minimum absolute atomic E-state index is 0.0599. The van der Waals surface area contributed by atoms with Gasteiger partial charge in [0.1, 0.15) is 5.54 Å². The maximum atomic E-state index is 12.7. The molecule has 1 aliphatic heterocycles. The third-order valence-electron chi connectivity index (χ3n) is 4.58. The van der Waals surface area contributed by atoms with Crippen LogP contribution in [0.1, 0.15) is 25.7 Å². The molecule has 114 valence electrons. The Morgan fingerprint density at radius 2 is 1.90 bits per heavy atom. The van der Waals surface area contributed by atoms with Crippen molar-refractivity contribution >= 4 is 11.8 Å². The van der Waals surface area contributed by atoms with Gasteiger partial charge >= 0.3 is 0 Å². The summed E-state index contributed by atoms with van der Waals surface area (Å²) in [6.45, 7) is 1.27. The highest BCUT2D eigenvalue weighted by atomic mass is 16.2. The highest BCUT2D eigenvalue weighted by molar-refractivity contribution is 5.85. The molecule has 2 aliphatic rings. The van der Waals surface area contributed by atoms with Crippen molar-refractivity contribution in [2.75, 3.05) is 27.2 Å². The molecule has 0 N–H and O–H groups in total. The Balaban J connectivity index is 1.80. The van der Waals surface area contributed by atoms with Crippen molar-refractivity contribution in [3.63, 3.8) is 0 Å². The number of hydrogen-bond donors (Lipinski definition) is 0. The number of rotatable bonds is 3. The molecule has 6 heteroatoms. The zero-order valence-electron chi connectivity index (χ0n) is 12.7. The van der Waals surface area contributed by atoms with Crippen molar-refractivity contribution in [2.45, 2.75) is 31.2 Å². The fraction of sp³-hybridized carbons (Fsp3) is 0.667. The highest BCUT2D eigenvalue weighted by Crippen LogP contribution is 2.35. The van der Waals surface area contributed by atoms with Crippen LogP contribution in [0, 0.1) is 5.92 Å². The quantitative estimate of drug-likeness (QED) is 0.823. The average Bonchev–Trinajstić information content (AvgIpc) is 3.20. The molecule has 2 heterocycles. The number of carbonyl (C=O) groups excluding carboxylic acids is 2. The fourth-order valence-corrected chi connectivity index (χ4v) is 3.16. The monoisotopic (exact) mass is 290 g/mol. The van der Waals surface area contributed by atoms with Crippen molar-refractivity contribution in [3.8, 4) is 0 Å². The van der Waals surface area contributed by atoms with E-state index in [0.29, 0.717) is 25.9 Å². The van der Waals surface area contributed by atoms with E-state index in [0.717, 1.165) is 12.8 Å². The summed E-state index contributed by atoms with van der Waals surface area (Å²) >= 11 is 0. The van der Waals surface area contributed by atoms with Crippen molar-refractivity contribution < 1.29 is 9.59 Å². The van der Waals surface area contributed by atoms with Crippen LogP contribution >= 0.6 is 0 Å². The molecular weight excluding hydrogens is 268 g/mol. The molecule has 3 rings (SSSR count). The van der Waals surface area contributed by atoms with E-state index in [4.69, 9.17) is 0 Å². The lowest BCUT2D eigenvalue weighted by Gasteiger charge is -2.42.